The van der Waals surface area contributed by atoms with Gasteiger partial charge in [0.25, 0.3) is 0 Å². The molecule has 0 heterocycles. The number of alkyl halides is 5. The summed E-state index contributed by atoms with van der Waals surface area (Å²) in [6, 6.07) is 14.1. The minimum atomic E-state index is -5.89. The molecule has 2 amide bonds. The van der Waals surface area contributed by atoms with Gasteiger partial charge >= 0.3 is 18.1 Å². The Labute approximate surface area is 270 Å². The number of benzene rings is 2. The molecule has 0 aliphatic heterocycles. The van der Waals surface area contributed by atoms with Gasteiger partial charge in [-0.15, -0.1) is 0 Å². The maximum Gasteiger partial charge on any atom is 0.456 e. The van der Waals surface area contributed by atoms with Crippen molar-refractivity contribution in [1.29, 1.82) is 0 Å². The monoisotopic (exact) mass is 652 g/mol. The van der Waals surface area contributed by atoms with Gasteiger partial charge < -0.3 is 15.7 Å². The molecular weight excluding hydrogens is 615 g/mol. The minimum Gasteiger partial charge on any atom is -0.383 e. The molecule has 0 saturated heterocycles. The second kappa shape index (κ2) is 11.9. The number of ketones is 1. The van der Waals surface area contributed by atoms with Gasteiger partial charge in [-0.2, -0.15) is 22.0 Å². The fourth-order valence-corrected chi connectivity index (χ4v) is 8.60. The first-order chi connectivity index (χ1) is 22.1. The number of aliphatic hydroxyl groups is 1. The van der Waals surface area contributed by atoms with Gasteiger partial charge in [0.2, 0.25) is 0 Å². The summed E-state index contributed by atoms with van der Waals surface area (Å²) in [5.74, 6) is -0.718. The summed E-state index contributed by atoms with van der Waals surface area (Å²) >= 11 is 0. The number of allylic oxidation sites excluding steroid dienone is 4. The van der Waals surface area contributed by atoms with Crippen LogP contribution in [0.25, 0.3) is 0 Å². The SMILES string of the molecule is Cc1ccc(NC(=O)NCC#Cc2ccc([C@H]3C[C@@]4(C)C(CC[C@@]4(O)C(F)(F)C(F)(F)F)C4CCC5=CC(=O)CCC5=C43)cc2)cc1. The van der Waals surface area contributed by atoms with E-state index in [1.165, 1.54) is 6.92 Å². The first-order valence-electron chi connectivity index (χ1n) is 16.0. The Kier molecular flexibility index (Phi) is 8.36. The summed E-state index contributed by atoms with van der Waals surface area (Å²) < 4.78 is 71.8. The van der Waals surface area contributed by atoms with Crippen LogP contribution in [0.5, 0.6) is 0 Å². The molecule has 0 aromatic heterocycles. The number of anilines is 1. The van der Waals surface area contributed by atoms with Gasteiger partial charge in [-0.3, -0.25) is 4.79 Å². The lowest BCUT2D eigenvalue weighted by atomic mass is 9.50. The fourth-order valence-electron chi connectivity index (χ4n) is 8.60. The van der Waals surface area contributed by atoms with Gasteiger partial charge in [0.05, 0.1) is 6.54 Å². The molecule has 0 spiro atoms. The topological polar surface area (TPSA) is 78.4 Å². The molecule has 4 aliphatic carbocycles. The summed E-state index contributed by atoms with van der Waals surface area (Å²) in [7, 11) is 0. The first kappa shape index (κ1) is 33.0. The van der Waals surface area contributed by atoms with E-state index in [-0.39, 0.29) is 31.1 Å². The molecule has 5 nitrogen and oxygen atoms in total. The highest BCUT2D eigenvalue weighted by Gasteiger charge is 2.79. The van der Waals surface area contributed by atoms with Gasteiger partial charge in [0.1, 0.15) is 5.60 Å². The number of hydrogen-bond acceptors (Lipinski definition) is 3. The van der Waals surface area contributed by atoms with Crippen LogP contribution >= 0.6 is 0 Å². The van der Waals surface area contributed by atoms with E-state index in [1.54, 1.807) is 30.3 Å². The van der Waals surface area contributed by atoms with Crippen LogP contribution in [0.2, 0.25) is 0 Å². The zero-order valence-electron chi connectivity index (χ0n) is 26.2. The largest absolute Gasteiger partial charge is 0.456 e. The fraction of sp³-hybridized carbons (Fsp3) is 0.459. The minimum absolute atomic E-state index is 0.0325. The number of aryl methyl sites for hydroxylation is 1. The predicted octanol–water partition coefficient (Wildman–Crippen LogP) is 8.00. The molecule has 248 valence electrons. The van der Waals surface area contributed by atoms with E-state index < -0.39 is 47.4 Å². The van der Waals surface area contributed by atoms with Crippen molar-refractivity contribution < 1.29 is 36.6 Å². The lowest BCUT2D eigenvalue weighted by molar-refractivity contribution is -0.362. The van der Waals surface area contributed by atoms with Crippen molar-refractivity contribution in [1.82, 2.24) is 5.32 Å². The Balaban J connectivity index is 1.27. The van der Waals surface area contributed by atoms with E-state index in [1.807, 2.05) is 31.2 Å². The summed E-state index contributed by atoms with van der Waals surface area (Å²) in [5.41, 5.74) is 1.09. The van der Waals surface area contributed by atoms with Gasteiger partial charge in [-0.1, -0.05) is 54.2 Å². The van der Waals surface area contributed by atoms with Crippen molar-refractivity contribution >= 4 is 17.5 Å². The van der Waals surface area contributed by atoms with E-state index in [0.29, 0.717) is 36.9 Å². The number of hydrogen-bond donors (Lipinski definition) is 3. The second-order valence-corrected chi connectivity index (χ2v) is 13.6. The average Bonchev–Trinajstić information content (AvgIpc) is 3.31. The molecule has 10 heteroatoms. The maximum absolute atomic E-state index is 15.2. The molecule has 47 heavy (non-hydrogen) atoms. The highest BCUT2D eigenvalue weighted by Crippen LogP contribution is 2.70. The number of rotatable bonds is 4. The van der Waals surface area contributed by atoms with Crippen molar-refractivity contribution in [3.63, 3.8) is 0 Å². The highest BCUT2D eigenvalue weighted by molar-refractivity contribution is 5.93. The highest BCUT2D eigenvalue weighted by atomic mass is 19.4. The number of carbonyl (C=O) groups excluding carboxylic acids is 2. The van der Waals surface area contributed by atoms with Crippen LogP contribution in [0.15, 0.2) is 71.3 Å². The smallest absolute Gasteiger partial charge is 0.383 e. The molecular formula is C37H37F5N2O3. The van der Waals surface area contributed by atoms with Crippen LogP contribution in [0.1, 0.15) is 74.5 Å². The number of amides is 2. The van der Waals surface area contributed by atoms with Gasteiger partial charge in [0.15, 0.2) is 5.78 Å². The lowest BCUT2D eigenvalue weighted by Crippen LogP contribution is -2.65. The van der Waals surface area contributed by atoms with Gasteiger partial charge in [0, 0.05) is 29.0 Å². The Morgan fingerprint density at radius 3 is 2.38 bits per heavy atom. The Morgan fingerprint density at radius 2 is 1.70 bits per heavy atom. The summed E-state index contributed by atoms with van der Waals surface area (Å²) in [4.78, 5) is 24.5. The van der Waals surface area contributed by atoms with Gasteiger partial charge in [-0.05, 0) is 104 Å². The molecule has 6 rings (SSSR count). The number of fused-ring (bicyclic) bond motifs is 4. The van der Waals surface area contributed by atoms with E-state index in [2.05, 4.69) is 22.5 Å². The summed E-state index contributed by atoms with van der Waals surface area (Å²) in [6.45, 7) is 3.44. The second-order valence-electron chi connectivity index (χ2n) is 13.6. The number of carbonyl (C=O) groups is 2. The number of nitrogens with one attached hydrogen (secondary N) is 2. The van der Waals surface area contributed by atoms with Crippen LogP contribution in [0.3, 0.4) is 0 Å². The van der Waals surface area contributed by atoms with E-state index in [4.69, 9.17) is 0 Å². The molecule has 2 saturated carbocycles. The van der Waals surface area contributed by atoms with E-state index >= 15 is 8.78 Å². The quantitative estimate of drug-likeness (QED) is 0.232. The standard InChI is InChI=1S/C37H37F5N2O3/c1-22-5-12-26(13-6-22)44-33(46)43-19-3-4-23-7-9-24(10-8-23)30-21-34(2)31(17-18-35(34,47)36(38,39)37(40,41)42)29-15-11-25-20-27(45)14-16-28(25)32(29)30/h5-10,12-13,20,29-31,47H,11,14-19,21H2,1-2H3,(H2,43,44,46)/t29?,30-,31?,34+,35+/m1/s1. The Morgan fingerprint density at radius 1 is 1.00 bits per heavy atom. The van der Waals surface area contributed by atoms with Crippen LogP contribution in [-0.4, -0.2) is 41.2 Å². The third-order valence-electron chi connectivity index (χ3n) is 11.0. The van der Waals surface area contributed by atoms with Crippen LogP contribution in [0, 0.1) is 36.0 Å². The zero-order valence-corrected chi connectivity index (χ0v) is 26.2. The third kappa shape index (κ3) is 5.67. The zero-order chi connectivity index (χ0) is 33.8. The molecule has 0 radical (unpaired) electrons. The van der Waals surface area contributed by atoms with Crippen molar-refractivity contribution in [2.24, 2.45) is 17.3 Å². The first-order valence-corrected chi connectivity index (χ1v) is 16.0. The summed E-state index contributed by atoms with van der Waals surface area (Å²) in [5, 5.41) is 16.8. The van der Waals surface area contributed by atoms with Gasteiger partial charge in [-0.25, -0.2) is 4.79 Å². The molecule has 5 atom stereocenters. The number of halogens is 5. The van der Waals surface area contributed by atoms with Crippen molar-refractivity contribution in [2.75, 3.05) is 11.9 Å². The predicted molar refractivity (Wildman–Crippen MR) is 168 cm³/mol. The molecule has 2 unspecified atom stereocenters. The Hall–Kier alpha value is -3.97. The molecule has 2 aromatic carbocycles. The Bertz CT molecular complexity index is 1700. The molecule has 2 aromatic rings. The molecule has 0 bridgehead atoms. The summed E-state index contributed by atoms with van der Waals surface area (Å²) in [6.07, 6.45) is -2.99. The molecule has 3 N–H and O–H groups in total. The van der Waals surface area contributed by atoms with Crippen molar-refractivity contribution in [2.45, 2.75) is 82.4 Å². The van der Waals surface area contributed by atoms with Crippen molar-refractivity contribution in [3.8, 4) is 11.8 Å². The lowest BCUT2D eigenvalue weighted by Gasteiger charge is -2.56. The molecule has 4 aliphatic rings. The third-order valence-corrected chi connectivity index (χ3v) is 11.0. The molecule has 2 fully saturated rings. The van der Waals surface area contributed by atoms with Crippen LogP contribution in [-0.2, 0) is 4.79 Å². The van der Waals surface area contributed by atoms with Crippen molar-refractivity contribution in [3.05, 3.63) is 88.0 Å². The van der Waals surface area contributed by atoms with E-state index in [9.17, 15) is 27.9 Å². The average molecular weight is 653 g/mol. The maximum atomic E-state index is 15.2. The normalized spacial score (nSPS) is 28.7. The van der Waals surface area contributed by atoms with Crippen LogP contribution in [0.4, 0.5) is 32.4 Å². The van der Waals surface area contributed by atoms with E-state index in [0.717, 1.165) is 27.8 Å². The van der Waals surface area contributed by atoms with Crippen LogP contribution < -0.4 is 10.6 Å². The number of urea groups is 1.